The number of aromatic carboxylic acids is 2. The number of fused-ring (bicyclic) bond motifs is 1. The predicted octanol–water partition coefficient (Wildman–Crippen LogP) is 0.126. The summed E-state index contributed by atoms with van der Waals surface area (Å²) < 4.78 is 1.12. The van der Waals surface area contributed by atoms with Gasteiger partial charge in [-0.25, -0.2) is 19.1 Å². The van der Waals surface area contributed by atoms with Crippen LogP contribution in [0.25, 0.3) is 5.65 Å². The SMILES string of the molecule is O=C(O)c1cnc2c(C(=O)O)cnn2c1. The molecule has 2 aromatic rings. The first kappa shape index (κ1) is 9.13. The molecule has 0 aliphatic rings. The van der Waals surface area contributed by atoms with Gasteiger partial charge >= 0.3 is 11.9 Å². The predicted molar refractivity (Wildman–Crippen MR) is 46.9 cm³/mol. The Labute approximate surface area is 82.6 Å². The fourth-order valence-electron chi connectivity index (χ4n) is 1.14. The molecule has 2 N–H and O–H groups in total. The van der Waals surface area contributed by atoms with Crippen molar-refractivity contribution in [2.45, 2.75) is 0 Å². The van der Waals surface area contributed by atoms with Crippen molar-refractivity contribution in [1.29, 1.82) is 0 Å². The van der Waals surface area contributed by atoms with Gasteiger partial charge in [-0.15, -0.1) is 0 Å². The van der Waals surface area contributed by atoms with Crippen LogP contribution >= 0.6 is 0 Å². The van der Waals surface area contributed by atoms with Gasteiger partial charge in [0.1, 0.15) is 5.56 Å². The molecule has 2 heterocycles. The molecule has 0 saturated heterocycles. The molecule has 0 aliphatic carbocycles. The van der Waals surface area contributed by atoms with E-state index in [1.54, 1.807) is 0 Å². The molecular formula is C8H5N3O4. The van der Waals surface area contributed by atoms with E-state index in [9.17, 15) is 9.59 Å². The average molecular weight is 207 g/mol. The van der Waals surface area contributed by atoms with Crippen molar-refractivity contribution >= 4 is 17.6 Å². The lowest BCUT2D eigenvalue weighted by Crippen LogP contribution is -2.02. The second-order valence-electron chi connectivity index (χ2n) is 2.78. The summed E-state index contributed by atoms with van der Waals surface area (Å²) in [6.45, 7) is 0. The van der Waals surface area contributed by atoms with E-state index in [-0.39, 0.29) is 16.8 Å². The zero-order chi connectivity index (χ0) is 11.0. The van der Waals surface area contributed by atoms with Gasteiger partial charge in [-0.3, -0.25) is 0 Å². The maximum absolute atomic E-state index is 10.7. The Bertz CT molecular complexity index is 560. The number of carboxylic acid groups (broad SMARTS) is 2. The van der Waals surface area contributed by atoms with Gasteiger partial charge in [-0.1, -0.05) is 0 Å². The molecule has 0 fully saturated rings. The van der Waals surface area contributed by atoms with Gasteiger partial charge in [-0.05, 0) is 0 Å². The van der Waals surface area contributed by atoms with Gasteiger partial charge < -0.3 is 10.2 Å². The monoisotopic (exact) mass is 207 g/mol. The van der Waals surface area contributed by atoms with Crippen LogP contribution in [0.1, 0.15) is 20.7 Å². The molecule has 7 heteroatoms. The van der Waals surface area contributed by atoms with Crippen molar-refractivity contribution < 1.29 is 19.8 Å². The molecule has 0 saturated carbocycles. The average Bonchev–Trinajstić information content (AvgIpc) is 2.59. The molecule has 2 rings (SSSR count). The van der Waals surface area contributed by atoms with Crippen LogP contribution < -0.4 is 0 Å². The molecule has 0 amide bonds. The van der Waals surface area contributed by atoms with Gasteiger partial charge in [0, 0.05) is 12.4 Å². The lowest BCUT2D eigenvalue weighted by atomic mass is 10.3. The highest BCUT2D eigenvalue weighted by atomic mass is 16.4. The quantitative estimate of drug-likeness (QED) is 0.724. The molecule has 0 aliphatic heterocycles. The van der Waals surface area contributed by atoms with Crippen LogP contribution in [-0.2, 0) is 0 Å². The van der Waals surface area contributed by atoms with Crippen molar-refractivity contribution in [3.05, 3.63) is 29.7 Å². The third kappa shape index (κ3) is 1.39. The maximum atomic E-state index is 10.7. The lowest BCUT2D eigenvalue weighted by Gasteiger charge is -1.95. The topological polar surface area (TPSA) is 105 Å². The molecule has 0 radical (unpaired) electrons. The summed E-state index contributed by atoms with van der Waals surface area (Å²) in [4.78, 5) is 25.0. The van der Waals surface area contributed by atoms with Crippen LogP contribution in [0.2, 0.25) is 0 Å². The normalized spacial score (nSPS) is 10.4. The van der Waals surface area contributed by atoms with Gasteiger partial charge in [0.05, 0.1) is 11.8 Å². The zero-order valence-electron chi connectivity index (χ0n) is 7.28. The first-order valence-corrected chi connectivity index (χ1v) is 3.89. The molecule has 7 nitrogen and oxygen atoms in total. The Balaban J connectivity index is 2.66. The van der Waals surface area contributed by atoms with Crippen molar-refractivity contribution in [3.8, 4) is 0 Å². The first-order valence-electron chi connectivity index (χ1n) is 3.89. The second kappa shape index (κ2) is 3.05. The van der Waals surface area contributed by atoms with Gasteiger partial charge in [0.2, 0.25) is 0 Å². The van der Waals surface area contributed by atoms with E-state index in [2.05, 4.69) is 10.1 Å². The van der Waals surface area contributed by atoms with Crippen LogP contribution in [0, 0.1) is 0 Å². The molecule has 0 unspecified atom stereocenters. The highest BCUT2D eigenvalue weighted by Gasteiger charge is 2.13. The van der Waals surface area contributed by atoms with Crippen molar-refractivity contribution in [2.75, 3.05) is 0 Å². The van der Waals surface area contributed by atoms with Gasteiger partial charge in [0.15, 0.2) is 5.65 Å². The number of aromatic nitrogens is 3. The Morgan fingerprint density at radius 3 is 2.53 bits per heavy atom. The highest BCUT2D eigenvalue weighted by molar-refractivity contribution is 5.94. The van der Waals surface area contributed by atoms with Crippen LogP contribution in [0.4, 0.5) is 0 Å². The molecule has 0 spiro atoms. The lowest BCUT2D eigenvalue weighted by molar-refractivity contribution is 0.0687. The Hall–Kier alpha value is -2.44. The van der Waals surface area contributed by atoms with E-state index in [0.717, 1.165) is 16.9 Å². The van der Waals surface area contributed by atoms with Crippen molar-refractivity contribution in [2.24, 2.45) is 0 Å². The summed E-state index contributed by atoms with van der Waals surface area (Å²) in [7, 11) is 0. The maximum Gasteiger partial charge on any atom is 0.341 e. The number of carbonyl (C=O) groups is 2. The van der Waals surface area contributed by atoms with Crippen molar-refractivity contribution in [3.63, 3.8) is 0 Å². The van der Waals surface area contributed by atoms with Crippen LogP contribution in [-0.4, -0.2) is 36.7 Å². The zero-order valence-corrected chi connectivity index (χ0v) is 7.28. The van der Waals surface area contributed by atoms with E-state index in [1.165, 1.54) is 6.20 Å². The number of rotatable bonds is 2. The smallest absolute Gasteiger partial charge is 0.341 e. The molecular weight excluding hydrogens is 202 g/mol. The summed E-state index contributed by atoms with van der Waals surface area (Å²) in [5.41, 5.74) is 0.00183. The summed E-state index contributed by atoms with van der Waals surface area (Å²) >= 11 is 0. The second-order valence-corrected chi connectivity index (χ2v) is 2.78. The van der Waals surface area contributed by atoms with Crippen LogP contribution in [0.3, 0.4) is 0 Å². The van der Waals surface area contributed by atoms with Gasteiger partial charge in [-0.2, -0.15) is 5.10 Å². The van der Waals surface area contributed by atoms with E-state index >= 15 is 0 Å². The van der Waals surface area contributed by atoms with E-state index in [0.29, 0.717) is 0 Å². The molecule has 0 aromatic carbocycles. The van der Waals surface area contributed by atoms with Gasteiger partial charge in [0.25, 0.3) is 0 Å². The summed E-state index contributed by atoms with van der Waals surface area (Å²) in [6.07, 6.45) is 3.42. The number of hydrogen-bond acceptors (Lipinski definition) is 4. The summed E-state index contributed by atoms with van der Waals surface area (Å²) in [6, 6.07) is 0. The minimum absolute atomic E-state index is 0.0532. The fourth-order valence-corrected chi connectivity index (χ4v) is 1.14. The summed E-state index contributed by atoms with van der Waals surface area (Å²) in [5.74, 6) is -2.29. The number of carboxylic acids is 2. The number of nitrogens with zero attached hydrogens (tertiary/aromatic N) is 3. The van der Waals surface area contributed by atoms with Crippen LogP contribution in [0.15, 0.2) is 18.6 Å². The minimum atomic E-state index is -1.15. The third-order valence-corrected chi connectivity index (χ3v) is 1.83. The molecule has 0 bridgehead atoms. The van der Waals surface area contributed by atoms with Crippen LogP contribution in [0.5, 0.6) is 0 Å². The van der Waals surface area contributed by atoms with E-state index in [1.807, 2.05) is 0 Å². The van der Waals surface area contributed by atoms with E-state index < -0.39 is 11.9 Å². The van der Waals surface area contributed by atoms with Crippen molar-refractivity contribution in [1.82, 2.24) is 14.6 Å². The molecule has 0 atom stereocenters. The summed E-state index contributed by atoms with van der Waals surface area (Å²) in [5, 5.41) is 21.1. The Kier molecular flexibility index (Phi) is 1.86. The standard InChI is InChI=1S/C8H5N3O4/c12-7(13)4-1-9-6-5(8(14)15)2-10-11(6)3-4/h1-3H,(H,12,13)(H,14,15). The fraction of sp³-hybridized carbons (Fsp3) is 0. The minimum Gasteiger partial charge on any atom is -0.478 e. The molecule has 2 aromatic heterocycles. The van der Waals surface area contributed by atoms with E-state index in [4.69, 9.17) is 10.2 Å². The molecule has 76 valence electrons. The third-order valence-electron chi connectivity index (χ3n) is 1.83. The first-order chi connectivity index (χ1) is 7.09. The Morgan fingerprint density at radius 1 is 1.20 bits per heavy atom. The number of hydrogen-bond donors (Lipinski definition) is 2. The highest BCUT2D eigenvalue weighted by Crippen LogP contribution is 2.08. The Morgan fingerprint density at radius 2 is 1.93 bits per heavy atom. The molecule has 15 heavy (non-hydrogen) atoms. The largest absolute Gasteiger partial charge is 0.478 e.